The molecule has 18 rings (SSSR count). The number of fused-ring (bicyclic) bond motifs is 12. The number of nitrogens with zero attached hydrogens (tertiary/aromatic N) is 17. The predicted octanol–water partition coefficient (Wildman–Crippen LogP) is 18.4. The van der Waals surface area contributed by atoms with E-state index in [0.717, 1.165) is 98.6 Å². The summed E-state index contributed by atoms with van der Waals surface area (Å²) in [6.07, 6.45) is 7.08. The normalized spacial score (nSPS) is 11.2. The van der Waals surface area contributed by atoms with Gasteiger partial charge in [-0.1, -0.05) is 42.5 Å². The Morgan fingerprint density at radius 2 is 0.471 bits per heavy atom. The highest BCUT2D eigenvalue weighted by molar-refractivity contribution is 6.14. The monoisotopic (exact) mass is 1320 g/mol. The molecule has 0 atom stereocenters. The lowest BCUT2D eigenvalue weighted by atomic mass is 9.99. The minimum Gasteiger partial charge on any atom is -0.309 e. The molecule has 0 spiro atoms. The molecule has 7 aromatic heterocycles. The van der Waals surface area contributed by atoms with Crippen LogP contribution in [0.25, 0.3) is 166 Å². The lowest BCUT2D eigenvalue weighted by molar-refractivity contribution is 1.06. The Balaban J connectivity index is 0.951. The average Bonchev–Trinajstić information content (AvgIpc) is 1.61. The van der Waals surface area contributed by atoms with Gasteiger partial charge in [0.2, 0.25) is 0 Å². The first-order valence-electron chi connectivity index (χ1n) is 32.7. The molecular formula is C87H41N17. The van der Waals surface area contributed by atoms with E-state index in [2.05, 4.69) is 66.8 Å². The summed E-state index contributed by atoms with van der Waals surface area (Å²) in [5.41, 5.74) is 17.0. The molecule has 0 aliphatic heterocycles. The van der Waals surface area contributed by atoms with Gasteiger partial charge in [-0.3, -0.25) is 9.97 Å². The van der Waals surface area contributed by atoms with Crippen molar-refractivity contribution in [2.75, 3.05) is 0 Å². The van der Waals surface area contributed by atoms with Crippen molar-refractivity contribution in [3.8, 4) is 128 Å². The van der Waals surface area contributed by atoms with Crippen molar-refractivity contribution in [2.24, 2.45) is 0 Å². The predicted molar refractivity (Wildman–Crippen MR) is 398 cm³/mol. The number of nitriles is 8. The van der Waals surface area contributed by atoms with Crippen molar-refractivity contribution in [3.05, 3.63) is 294 Å². The molecule has 0 N–H and O–H groups in total. The second-order valence-corrected chi connectivity index (χ2v) is 25.0. The van der Waals surface area contributed by atoms with Gasteiger partial charge in [0.05, 0.1) is 160 Å². The lowest BCUT2D eigenvalue weighted by Gasteiger charge is -2.19. The molecule has 0 saturated heterocycles. The Labute approximate surface area is 590 Å². The van der Waals surface area contributed by atoms with E-state index in [9.17, 15) is 42.1 Å². The summed E-state index contributed by atoms with van der Waals surface area (Å²) >= 11 is 0. The Bertz CT molecular complexity index is 6540. The maximum atomic E-state index is 10.4. The van der Waals surface area contributed by atoms with Crippen LogP contribution in [0, 0.1) is 90.6 Å². The van der Waals surface area contributed by atoms with Gasteiger partial charge in [-0.25, -0.2) is 15.0 Å². The zero-order chi connectivity index (χ0) is 70.4. The number of benzene rings is 11. The number of aromatic nitrogens is 9. The first-order chi connectivity index (χ1) is 51.2. The molecule has 0 saturated carbocycles. The molecule has 17 heteroatoms. The fraction of sp³-hybridized carbons (Fsp3) is 0. The van der Waals surface area contributed by atoms with Gasteiger partial charge in [-0.15, -0.1) is 0 Å². The van der Waals surface area contributed by atoms with Crippen LogP contribution in [0.5, 0.6) is 0 Å². The number of rotatable bonds is 9. The Morgan fingerprint density at radius 1 is 0.221 bits per heavy atom. The summed E-state index contributed by atoms with van der Waals surface area (Å²) in [7, 11) is 0. The molecule has 17 nitrogen and oxygen atoms in total. The summed E-state index contributed by atoms with van der Waals surface area (Å²) in [4.78, 5) is 26.4. The van der Waals surface area contributed by atoms with Crippen LogP contribution >= 0.6 is 0 Å². The fourth-order valence-electron chi connectivity index (χ4n) is 14.8. The van der Waals surface area contributed by atoms with E-state index >= 15 is 0 Å². The third kappa shape index (κ3) is 9.44. The highest BCUT2D eigenvalue weighted by atomic mass is 15.1. The number of hydrogen-bond donors (Lipinski definition) is 0. The van der Waals surface area contributed by atoms with Crippen LogP contribution in [-0.4, -0.2) is 43.2 Å². The van der Waals surface area contributed by atoms with Gasteiger partial charge < -0.3 is 18.3 Å². The molecule has 0 unspecified atom stereocenters. The SMILES string of the molecule is N#Cc1ccc2c(c1)c1cc(C#N)ccc1n2-c1ccncc1-c1ccc(-n2c3ccc(C#N)cc3c3cc(C#N)ccc32)c(-c2nc(-c3ccccc3)nc(-c3cc(-c4cnccc4-n4c5ccc(C#N)cc5c5cc(C#N)ccc54)ccc3-n3c4ccc(C#N)cc4c4cc(C#N)ccc43)n2)c1. The molecule has 0 bridgehead atoms. The second-order valence-electron chi connectivity index (χ2n) is 25.0. The smallest absolute Gasteiger partial charge is 0.166 e. The topological polar surface area (TPSA) is 274 Å². The molecule has 0 radical (unpaired) electrons. The van der Waals surface area contributed by atoms with Crippen molar-refractivity contribution >= 4 is 87.2 Å². The summed E-state index contributed by atoms with van der Waals surface area (Å²) in [6.45, 7) is 0. The van der Waals surface area contributed by atoms with Crippen molar-refractivity contribution in [3.63, 3.8) is 0 Å². The van der Waals surface area contributed by atoms with Gasteiger partial charge in [0.25, 0.3) is 0 Å². The average molecular weight is 1320 g/mol. The third-order valence-corrected chi connectivity index (χ3v) is 19.4. The molecule has 474 valence electrons. The van der Waals surface area contributed by atoms with Crippen molar-refractivity contribution in [1.82, 2.24) is 43.2 Å². The van der Waals surface area contributed by atoms with Crippen molar-refractivity contribution in [1.29, 1.82) is 42.1 Å². The Kier molecular flexibility index (Phi) is 13.8. The Morgan fingerprint density at radius 3 is 0.731 bits per heavy atom. The highest BCUT2D eigenvalue weighted by Gasteiger charge is 2.27. The van der Waals surface area contributed by atoms with Gasteiger partial charge in [0, 0.05) is 95.7 Å². The summed E-state index contributed by atoms with van der Waals surface area (Å²) in [5, 5.41) is 88.3. The molecule has 11 aromatic carbocycles. The first kappa shape index (κ1) is 60.3. The van der Waals surface area contributed by atoms with Gasteiger partial charge >= 0.3 is 0 Å². The van der Waals surface area contributed by atoms with Crippen molar-refractivity contribution in [2.45, 2.75) is 0 Å². The molecule has 7 heterocycles. The van der Waals surface area contributed by atoms with Crippen LogP contribution in [0.1, 0.15) is 44.5 Å². The van der Waals surface area contributed by atoms with Crippen LogP contribution in [0.2, 0.25) is 0 Å². The summed E-state index contributed by atoms with van der Waals surface area (Å²) in [6, 6.07) is 88.4. The zero-order valence-electron chi connectivity index (χ0n) is 54.3. The maximum absolute atomic E-state index is 10.4. The van der Waals surface area contributed by atoms with Gasteiger partial charge in [-0.05, 0) is 193 Å². The van der Waals surface area contributed by atoms with E-state index in [0.29, 0.717) is 101 Å². The van der Waals surface area contributed by atoms with Crippen LogP contribution in [0.4, 0.5) is 0 Å². The fourth-order valence-corrected chi connectivity index (χ4v) is 14.8. The minimum atomic E-state index is 0.245. The number of pyridine rings is 2. The van der Waals surface area contributed by atoms with Gasteiger partial charge in [-0.2, -0.15) is 42.1 Å². The third-order valence-electron chi connectivity index (χ3n) is 19.4. The maximum Gasteiger partial charge on any atom is 0.166 e. The summed E-state index contributed by atoms with van der Waals surface area (Å²) < 4.78 is 8.44. The zero-order valence-corrected chi connectivity index (χ0v) is 54.3. The standard InChI is InChI=1S/C87H41N17/c88-40-50-6-16-73-61(30-50)62-31-51(41-89)7-17-74(62)101(73)81-24-14-59(71-48-96-28-26-83(71)103-77-20-10-54(44-92)34-65(77)66-35-55(45-93)11-21-78(66)103)38-69(81)86-98-85(58-4-2-1-3-5-58)99-87(100-86)70-39-60(15-25-82(70)102-75-18-8-52(42-90)32-63(75)64-33-53(43-91)9-19-76(64)102)72-49-97-29-27-84(72)104-79-22-12-56(46-94)36-67(79)68-37-57(47-95)13-23-80(68)104/h1-39,48-49H. The van der Waals surface area contributed by atoms with E-state index in [-0.39, 0.29) is 11.6 Å². The van der Waals surface area contributed by atoms with E-state index in [1.807, 2.05) is 188 Å². The van der Waals surface area contributed by atoms with Gasteiger partial charge in [0.1, 0.15) is 0 Å². The minimum absolute atomic E-state index is 0.245. The van der Waals surface area contributed by atoms with E-state index in [4.69, 9.17) is 24.9 Å². The van der Waals surface area contributed by atoms with Crippen LogP contribution in [0.3, 0.4) is 0 Å². The van der Waals surface area contributed by atoms with Crippen LogP contribution in [-0.2, 0) is 0 Å². The lowest BCUT2D eigenvalue weighted by Crippen LogP contribution is -2.06. The highest BCUT2D eigenvalue weighted by Crippen LogP contribution is 2.45. The molecular weight excluding hydrogens is 1280 g/mol. The van der Waals surface area contributed by atoms with E-state index in [1.54, 1.807) is 60.9 Å². The largest absolute Gasteiger partial charge is 0.309 e. The van der Waals surface area contributed by atoms with Crippen molar-refractivity contribution < 1.29 is 0 Å². The molecule has 0 amide bonds. The molecule has 104 heavy (non-hydrogen) atoms. The molecule has 0 fully saturated rings. The van der Waals surface area contributed by atoms with Gasteiger partial charge in [0.15, 0.2) is 17.5 Å². The molecule has 0 aliphatic rings. The Hall–Kier alpha value is -16.2. The van der Waals surface area contributed by atoms with Crippen LogP contribution in [0.15, 0.2) is 249 Å². The van der Waals surface area contributed by atoms with E-state index in [1.165, 1.54) is 0 Å². The van der Waals surface area contributed by atoms with Crippen LogP contribution < -0.4 is 0 Å². The van der Waals surface area contributed by atoms with E-state index < -0.39 is 0 Å². The first-order valence-corrected chi connectivity index (χ1v) is 32.7. The quantitative estimate of drug-likeness (QED) is 0.130. The molecule has 18 aromatic rings. The summed E-state index contributed by atoms with van der Waals surface area (Å²) in [5.74, 6) is 0.809. The second kappa shape index (κ2) is 23.8. The molecule has 0 aliphatic carbocycles. The number of hydrogen-bond acceptors (Lipinski definition) is 13.